The lowest BCUT2D eigenvalue weighted by Gasteiger charge is -2.19. The van der Waals surface area contributed by atoms with E-state index < -0.39 is 0 Å². The van der Waals surface area contributed by atoms with Gasteiger partial charge in [0.1, 0.15) is 11.3 Å². The summed E-state index contributed by atoms with van der Waals surface area (Å²) in [4.78, 5) is 11.6. The topological polar surface area (TPSA) is 57.7 Å². The Hall–Kier alpha value is -1.85. The minimum atomic E-state index is 0.490. The average molecular weight is 360 g/mol. The average Bonchev–Trinajstić information content (AvgIpc) is 3.00. The minimum Gasteiger partial charge on any atom is -0.355 e. The van der Waals surface area contributed by atoms with Crippen LogP contribution in [0, 0.1) is 17.8 Å². The van der Waals surface area contributed by atoms with Gasteiger partial charge in [0.15, 0.2) is 0 Å². The zero-order chi connectivity index (χ0) is 16.4. The Morgan fingerprint density at radius 1 is 1.21 bits per heavy atom. The predicted molar refractivity (Wildman–Crippen MR) is 95.5 cm³/mol. The molecule has 1 saturated carbocycles. The molecule has 1 aromatic carbocycles. The van der Waals surface area contributed by atoms with Crippen LogP contribution in [0.5, 0.6) is 0 Å². The molecule has 2 fully saturated rings. The van der Waals surface area contributed by atoms with E-state index >= 15 is 0 Å². The SMILES string of the molecule is CC1[C@H]2CN(c3cnc4c(-c5cccc(Cl)c5Cl)[nH]nc4n3)C[C@@H]12. The first kappa shape index (κ1) is 14.5. The first-order valence-electron chi connectivity index (χ1n) is 8.04. The van der Waals surface area contributed by atoms with Crippen LogP contribution in [-0.4, -0.2) is 33.3 Å². The number of anilines is 1. The summed E-state index contributed by atoms with van der Waals surface area (Å²) >= 11 is 12.4. The van der Waals surface area contributed by atoms with Crippen molar-refractivity contribution < 1.29 is 0 Å². The fourth-order valence-corrected chi connectivity index (χ4v) is 4.23. The third kappa shape index (κ3) is 2.04. The third-order valence-electron chi connectivity index (χ3n) is 5.42. The number of aromatic nitrogens is 4. The van der Waals surface area contributed by atoms with E-state index in [0.29, 0.717) is 21.2 Å². The van der Waals surface area contributed by atoms with Crippen molar-refractivity contribution in [2.75, 3.05) is 18.0 Å². The van der Waals surface area contributed by atoms with Crippen molar-refractivity contribution in [3.8, 4) is 11.3 Å². The molecule has 0 bridgehead atoms. The number of nitrogens with zero attached hydrogens (tertiary/aromatic N) is 4. The lowest BCUT2D eigenvalue weighted by molar-refractivity contribution is 0.684. The number of hydrogen-bond donors (Lipinski definition) is 1. The van der Waals surface area contributed by atoms with Crippen LogP contribution in [0.25, 0.3) is 22.4 Å². The summed E-state index contributed by atoms with van der Waals surface area (Å²) in [6.07, 6.45) is 1.83. The second kappa shape index (κ2) is 5.07. The molecule has 5 rings (SSSR count). The Kier molecular flexibility index (Phi) is 3.06. The van der Waals surface area contributed by atoms with Gasteiger partial charge in [0.2, 0.25) is 5.65 Å². The molecular weight excluding hydrogens is 345 g/mol. The number of rotatable bonds is 2. The summed E-state index contributed by atoms with van der Waals surface area (Å²) in [6, 6.07) is 5.51. The van der Waals surface area contributed by atoms with Gasteiger partial charge in [0, 0.05) is 18.7 Å². The van der Waals surface area contributed by atoms with Crippen LogP contribution in [0.3, 0.4) is 0 Å². The van der Waals surface area contributed by atoms with Crippen LogP contribution in [0.2, 0.25) is 10.0 Å². The van der Waals surface area contributed by atoms with Gasteiger partial charge in [-0.15, -0.1) is 0 Å². The maximum Gasteiger partial charge on any atom is 0.202 e. The molecule has 1 saturated heterocycles. The zero-order valence-electron chi connectivity index (χ0n) is 13.0. The summed E-state index contributed by atoms with van der Waals surface area (Å²) in [7, 11) is 0. The van der Waals surface area contributed by atoms with Gasteiger partial charge in [-0.05, 0) is 23.8 Å². The summed E-state index contributed by atoms with van der Waals surface area (Å²) in [6.45, 7) is 4.48. The first-order chi connectivity index (χ1) is 11.6. The summed E-state index contributed by atoms with van der Waals surface area (Å²) in [5.74, 6) is 3.40. The highest BCUT2D eigenvalue weighted by Crippen LogP contribution is 2.51. The fraction of sp³-hybridized carbons (Fsp3) is 0.353. The predicted octanol–water partition coefficient (Wildman–Crippen LogP) is 4.03. The zero-order valence-corrected chi connectivity index (χ0v) is 14.5. The molecule has 0 amide bonds. The number of nitrogens with one attached hydrogen (secondary N) is 1. The van der Waals surface area contributed by atoms with E-state index in [0.717, 1.165) is 47.9 Å². The Balaban J connectivity index is 1.53. The van der Waals surface area contributed by atoms with E-state index in [1.165, 1.54) is 0 Å². The number of benzene rings is 1. The van der Waals surface area contributed by atoms with Crippen LogP contribution in [-0.2, 0) is 0 Å². The molecule has 3 atom stereocenters. The smallest absolute Gasteiger partial charge is 0.202 e. The monoisotopic (exact) mass is 359 g/mol. The van der Waals surface area contributed by atoms with Crippen molar-refractivity contribution in [2.45, 2.75) is 6.92 Å². The van der Waals surface area contributed by atoms with Crippen molar-refractivity contribution in [3.63, 3.8) is 0 Å². The Labute approximate surface area is 149 Å². The van der Waals surface area contributed by atoms with Gasteiger partial charge < -0.3 is 4.90 Å². The number of piperidine rings is 1. The van der Waals surface area contributed by atoms with Gasteiger partial charge in [0.25, 0.3) is 0 Å². The van der Waals surface area contributed by atoms with E-state index in [1.807, 2.05) is 18.3 Å². The maximum absolute atomic E-state index is 6.32. The van der Waals surface area contributed by atoms with Crippen molar-refractivity contribution >= 4 is 40.2 Å². The lowest BCUT2D eigenvalue weighted by atomic mass is 10.1. The lowest BCUT2D eigenvalue weighted by Crippen LogP contribution is -2.24. The van der Waals surface area contributed by atoms with Gasteiger partial charge >= 0.3 is 0 Å². The molecule has 1 unspecified atom stereocenters. The summed E-state index contributed by atoms with van der Waals surface area (Å²) < 4.78 is 0. The second-order valence-electron chi connectivity index (χ2n) is 6.69. The van der Waals surface area contributed by atoms with Crippen molar-refractivity contribution in [2.24, 2.45) is 17.8 Å². The highest BCUT2D eigenvalue weighted by atomic mass is 35.5. The highest BCUT2D eigenvalue weighted by Gasteiger charge is 2.53. The molecule has 1 N–H and O–H groups in total. The highest BCUT2D eigenvalue weighted by molar-refractivity contribution is 6.43. The minimum absolute atomic E-state index is 0.490. The first-order valence-corrected chi connectivity index (χ1v) is 8.79. The summed E-state index contributed by atoms with van der Waals surface area (Å²) in [5.41, 5.74) is 2.84. The Morgan fingerprint density at radius 2 is 2.00 bits per heavy atom. The summed E-state index contributed by atoms with van der Waals surface area (Å²) in [5, 5.41) is 8.32. The standard InChI is InChI=1S/C17H15Cl2N5/c1-8-10-6-24(7-11(8)10)13-5-20-16-15(22-23-17(16)21-13)9-3-2-4-12(18)14(9)19/h2-5,8,10-11H,6-7H2,1H3,(H,21,22,23)/t8?,10-,11+. The fourth-order valence-electron chi connectivity index (χ4n) is 3.83. The largest absolute Gasteiger partial charge is 0.355 e. The van der Waals surface area contributed by atoms with Gasteiger partial charge in [0.05, 0.1) is 21.9 Å². The number of H-pyrrole nitrogens is 1. The quantitative estimate of drug-likeness (QED) is 0.750. The van der Waals surface area contributed by atoms with Gasteiger partial charge in [-0.25, -0.2) is 9.97 Å². The molecule has 24 heavy (non-hydrogen) atoms. The Bertz CT molecular complexity index is 941. The molecule has 2 aliphatic rings. The molecule has 5 nitrogen and oxygen atoms in total. The van der Waals surface area contributed by atoms with Crippen LogP contribution >= 0.6 is 23.2 Å². The molecule has 3 heterocycles. The van der Waals surface area contributed by atoms with Crippen molar-refractivity contribution in [3.05, 3.63) is 34.4 Å². The van der Waals surface area contributed by atoms with Gasteiger partial charge in [-0.3, -0.25) is 5.10 Å². The van der Waals surface area contributed by atoms with E-state index in [2.05, 4.69) is 32.0 Å². The molecule has 122 valence electrons. The molecule has 7 heteroatoms. The van der Waals surface area contributed by atoms with Crippen LogP contribution in [0.4, 0.5) is 5.82 Å². The van der Waals surface area contributed by atoms with Crippen LogP contribution in [0.1, 0.15) is 6.92 Å². The number of hydrogen-bond acceptors (Lipinski definition) is 4. The van der Waals surface area contributed by atoms with Gasteiger partial charge in [-0.2, -0.15) is 5.10 Å². The second-order valence-corrected chi connectivity index (χ2v) is 7.48. The normalized spacial score (nSPS) is 25.3. The molecule has 1 aliphatic heterocycles. The molecule has 0 spiro atoms. The maximum atomic E-state index is 6.32. The molecular formula is C17H15Cl2N5. The molecule has 2 aromatic heterocycles. The van der Waals surface area contributed by atoms with E-state index in [1.54, 1.807) is 6.07 Å². The number of aromatic amines is 1. The molecule has 0 radical (unpaired) electrons. The Morgan fingerprint density at radius 3 is 2.79 bits per heavy atom. The molecule has 1 aliphatic carbocycles. The van der Waals surface area contributed by atoms with E-state index in [-0.39, 0.29) is 0 Å². The van der Waals surface area contributed by atoms with Crippen LogP contribution in [0.15, 0.2) is 24.4 Å². The molecule has 3 aromatic rings. The van der Waals surface area contributed by atoms with Crippen molar-refractivity contribution in [1.82, 2.24) is 20.2 Å². The third-order valence-corrected chi connectivity index (χ3v) is 6.24. The van der Waals surface area contributed by atoms with Gasteiger partial charge in [-0.1, -0.05) is 42.3 Å². The van der Waals surface area contributed by atoms with Crippen molar-refractivity contribution in [1.29, 1.82) is 0 Å². The van der Waals surface area contributed by atoms with E-state index in [9.17, 15) is 0 Å². The number of fused-ring (bicyclic) bond motifs is 2. The number of halogens is 2. The van der Waals surface area contributed by atoms with E-state index in [4.69, 9.17) is 23.2 Å². The van der Waals surface area contributed by atoms with Crippen LogP contribution < -0.4 is 4.90 Å².